The van der Waals surface area contributed by atoms with E-state index in [1.165, 1.54) is 0 Å². The van der Waals surface area contributed by atoms with E-state index in [-0.39, 0.29) is 0 Å². The first kappa shape index (κ1) is 8.35. The minimum atomic E-state index is 0.295. The van der Waals surface area contributed by atoms with Crippen molar-refractivity contribution >= 4 is 6.21 Å². The lowest BCUT2D eigenvalue weighted by Gasteiger charge is -2.02. The van der Waals surface area contributed by atoms with Crippen molar-refractivity contribution in [2.75, 3.05) is 0 Å². The Balaban J connectivity index is 2.81. The first-order valence-corrected chi connectivity index (χ1v) is 3.50. The molecule has 60 valence electrons. The second-order valence-electron chi connectivity index (χ2n) is 2.34. The molecular formula is C10H9NO. The molecule has 0 aliphatic heterocycles. The molecule has 0 saturated heterocycles. The summed E-state index contributed by atoms with van der Waals surface area (Å²) in [5, 5.41) is 6.83. The summed E-state index contributed by atoms with van der Waals surface area (Å²) in [4.78, 5) is 0. The van der Waals surface area contributed by atoms with Crippen LogP contribution in [0.3, 0.4) is 0 Å². The van der Waals surface area contributed by atoms with Crippen molar-refractivity contribution in [3.63, 3.8) is 0 Å². The average molecular weight is 159 g/mol. The number of hydrogen-bond donors (Lipinski definition) is 1. The fourth-order valence-corrected chi connectivity index (χ4v) is 0.674. The Morgan fingerprint density at radius 2 is 2.33 bits per heavy atom. The number of hydrogen-bond acceptors (Lipinski definition) is 2. The van der Waals surface area contributed by atoms with E-state index in [1.54, 1.807) is 6.08 Å². The summed E-state index contributed by atoms with van der Waals surface area (Å²) in [5.74, 6) is 0.831. The van der Waals surface area contributed by atoms with Crippen LogP contribution in [0.4, 0.5) is 0 Å². The Hall–Kier alpha value is -1.75. The summed E-state index contributed by atoms with van der Waals surface area (Å²) in [6.07, 6.45) is 4.68. The standard InChI is InChI=1S/C10H9NO/c1-8-3-5-10(6-4-8)12-9(2)7-11/h3,5,7,11H,2H2,1H3. The van der Waals surface area contributed by atoms with E-state index in [1.807, 2.05) is 13.0 Å². The fraction of sp³-hybridized carbons (Fsp3) is 0.100. The van der Waals surface area contributed by atoms with Gasteiger partial charge in [0, 0.05) is 0 Å². The second-order valence-corrected chi connectivity index (χ2v) is 2.34. The normalized spacial score (nSPS) is 13.4. The van der Waals surface area contributed by atoms with E-state index in [0.29, 0.717) is 11.5 Å². The molecule has 0 unspecified atom stereocenters. The molecule has 1 aliphatic carbocycles. The predicted molar refractivity (Wildman–Crippen MR) is 47.9 cm³/mol. The highest BCUT2D eigenvalue weighted by molar-refractivity contribution is 5.72. The van der Waals surface area contributed by atoms with Crippen molar-refractivity contribution in [3.8, 4) is 0 Å². The minimum Gasteiger partial charge on any atom is -0.447 e. The molecule has 1 aliphatic rings. The minimum absolute atomic E-state index is 0.295. The third-order valence-electron chi connectivity index (χ3n) is 1.27. The molecule has 0 aromatic carbocycles. The molecule has 0 aromatic heterocycles. The number of ether oxygens (including phenoxy) is 1. The average Bonchev–Trinajstić information content (AvgIpc) is 2.09. The van der Waals surface area contributed by atoms with Crippen molar-refractivity contribution in [2.45, 2.75) is 6.92 Å². The summed E-state index contributed by atoms with van der Waals surface area (Å²) >= 11 is 0. The molecule has 0 saturated carbocycles. The highest BCUT2D eigenvalue weighted by Crippen LogP contribution is 2.08. The zero-order valence-electron chi connectivity index (χ0n) is 6.85. The van der Waals surface area contributed by atoms with Gasteiger partial charge in [0.05, 0.1) is 6.21 Å². The first-order chi connectivity index (χ1) is 5.72. The molecule has 0 atom stereocenters. The molecule has 2 heteroatoms. The molecule has 0 fully saturated rings. The van der Waals surface area contributed by atoms with Gasteiger partial charge in [-0.2, -0.15) is 0 Å². The van der Waals surface area contributed by atoms with Gasteiger partial charge in [0.15, 0.2) is 5.76 Å². The largest absolute Gasteiger partial charge is 0.447 e. The fourth-order valence-electron chi connectivity index (χ4n) is 0.674. The van der Waals surface area contributed by atoms with Crippen molar-refractivity contribution < 1.29 is 4.74 Å². The SMILES string of the molecule is C=C(C=N)OC1=C=C=C(C)C=C1. The number of allylic oxidation sites excluding steroid dienone is 4. The van der Waals surface area contributed by atoms with Gasteiger partial charge in [-0.1, -0.05) is 12.3 Å². The van der Waals surface area contributed by atoms with E-state index >= 15 is 0 Å². The van der Waals surface area contributed by atoms with Crippen LogP contribution in [0, 0.1) is 5.41 Å². The van der Waals surface area contributed by atoms with Gasteiger partial charge in [-0.3, -0.25) is 0 Å². The van der Waals surface area contributed by atoms with E-state index in [9.17, 15) is 0 Å². The van der Waals surface area contributed by atoms with Gasteiger partial charge in [0.2, 0.25) is 0 Å². The molecule has 0 aromatic rings. The van der Waals surface area contributed by atoms with Crippen LogP contribution >= 0.6 is 0 Å². The highest BCUT2D eigenvalue weighted by Gasteiger charge is 1.96. The van der Waals surface area contributed by atoms with Gasteiger partial charge in [-0.25, -0.2) is 0 Å². The van der Waals surface area contributed by atoms with E-state index < -0.39 is 0 Å². The Bertz CT molecular complexity index is 348. The van der Waals surface area contributed by atoms with Gasteiger partial charge < -0.3 is 10.1 Å². The first-order valence-electron chi connectivity index (χ1n) is 3.50. The Labute approximate surface area is 71.4 Å². The zero-order chi connectivity index (χ0) is 8.97. The van der Waals surface area contributed by atoms with Crippen molar-refractivity contribution in [1.82, 2.24) is 0 Å². The number of rotatable bonds is 3. The Kier molecular flexibility index (Phi) is 2.49. The summed E-state index contributed by atoms with van der Waals surface area (Å²) < 4.78 is 5.09. The van der Waals surface area contributed by atoms with Crippen molar-refractivity contribution in [3.05, 3.63) is 47.3 Å². The lowest BCUT2D eigenvalue weighted by molar-refractivity contribution is 0.349. The van der Waals surface area contributed by atoms with Crippen molar-refractivity contribution in [2.24, 2.45) is 0 Å². The Morgan fingerprint density at radius 1 is 1.58 bits per heavy atom. The van der Waals surface area contributed by atoms with Gasteiger partial charge in [-0.05, 0) is 30.4 Å². The summed E-state index contributed by atoms with van der Waals surface area (Å²) in [6.45, 7) is 5.41. The third-order valence-corrected chi connectivity index (χ3v) is 1.27. The van der Waals surface area contributed by atoms with Crippen LogP contribution in [0.2, 0.25) is 0 Å². The van der Waals surface area contributed by atoms with Crippen LogP contribution < -0.4 is 0 Å². The van der Waals surface area contributed by atoms with Crippen LogP contribution in [0.1, 0.15) is 6.92 Å². The quantitative estimate of drug-likeness (QED) is 0.382. The van der Waals surface area contributed by atoms with Crippen LogP contribution in [-0.4, -0.2) is 6.21 Å². The summed E-state index contributed by atoms with van der Waals surface area (Å²) in [6, 6.07) is 0. The third kappa shape index (κ3) is 2.14. The molecule has 0 radical (unpaired) electrons. The lowest BCUT2D eigenvalue weighted by Crippen LogP contribution is -1.90. The van der Waals surface area contributed by atoms with Gasteiger partial charge in [-0.15, -0.1) is 0 Å². The molecular weight excluding hydrogens is 150 g/mol. The molecule has 12 heavy (non-hydrogen) atoms. The van der Waals surface area contributed by atoms with Crippen LogP contribution in [0.25, 0.3) is 0 Å². The molecule has 2 nitrogen and oxygen atoms in total. The maximum Gasteiger partial charge on any atom is 0.177 e. The molecule has 0 heterocycles. The van der Waals surface area contributed by atoms with Crippen LogP contribution in [0.15, 0.2) is 47.3 Å². The van der Waals surface area contributed by atoms with Gasteiger partial charge in [0.25, 0.3) is 0 Å². The zero-order valence-corrected chi connectivity index (χ0v) is 6.85. The van der Waals surface area contributed by atoms with Gasteiger partial charge >= 0.3 is 0 Å². The maximum absolute atomic E-state index is 6.83. The predicted octanol–water partition coefficient (Wildman–Crippen LogP) is 2.32. The van der Waals surface area contributed by atoms with Gasteiger partial charge in [0.1, 0.15) is 5.76 Å². The second kappa shape index (κ2) is 3.59. The smallest absolute Gasteiger partial charge is 0.177 e. The molecule has 0 amide bonds. The van der Waals surface area contributed by atoms with Crippen LogP contribution in [-0.2, 0) is 4.74 Å². The van der Waals surface area contributed by atoms with E-state index in [2.05, 4.69) is 18.0 Å². The number of nitrogens with one attached hydrogen (secondary N) is 1. The molecule has 0 spiro atoms. The van der Waals surface area contributed by atoms with Crippen LogP contribution in [0.5, 0.6) is 0 Å². The summed E-state index contributed by atoms with van der Waals surface area (Å²) in [5.41, 5.74) is 6.66. The summed E-state index contributed by atoms with van der Waals surface area (Å²) in [7, 11) is 0. The topological polar surface area (TPSA) is 33.1 Å². The molecule has 0 bridgehead atoms. The Morgan fingerprint density at radius 3 is 2.83 bits per heavy atom. The van der Waals surface area contributed by atoms with E-state index in [4.69, 9.17) is 10.1 Å². The maximum atomic E-state index is 6.83. The molecule has 1 N–H and O–H groups in total. The lowest BCUT2D eigenvalue weighted by atomic mass is 10.2. The highest BCUT2D eigenvalue weighted by atomic mass is 16.5. The monoisotopic (exact) mass is 159 g/mol. The molecule has 1 rings (SSSR count). The van der Waals surface area contributed by atoms with Crippen molar-refractivity contribution in [1.29, 1.82) is 5.41 Å². The van der Waals surface area contributed by atoms with E-state index in [0.717, 1.165) is 11.8 Å².